The molecule has 2 N–H and O–H groups in total. The summed E-state index contributed by atoms with van der Waals surface area (Å²) in [6.45, 7) is 0.340. The third kappa shape index (κ3) is 7.56. The van der Waals surface area contributed by atoms with E-state index < -0.39 is 5.97 Å². The first-order valence-corrected chi connectivity index (χ1v) is 11.1. The Bertz CT molecular complexity index is 1150. The number of anilines is 1. The van der Waals surface area contributed by atoms with Crippen LogP contribution in [0.4, 0.5) is 5.69 Å². The highest BCUT2D eigenvalue weighted by Gasteiger charge is 2.11. The van der Waals surface area contributed by atoms with Crippen molar-refractivity contribution in [1.29, 1.82) is 0 Å². The Balaban J connectivity index is 1.49. The summed E-state index contributed by atoms with van der Waals surface area (Å²) in [5.74, 6) is 0.0626. The van der Waals surface area contributed by atoms with Gasteiger partial charge in [-0.3, -0.25) is 4.79 Å². The van der Waals surface area contributed by atoms with Crippen molar-refractivity contribution in [2.75, 3.05) is 11.9 Å². The fourth-order valence-corrected chi connectivity index (χ4v) is 3.49. The number of carboxylic acid groups (broad SMARTS) is 1. The molecule has 3 aromatic carbocycles. The third-order valence-electron chi connectivity index (χ3n) is 4.47. The Hall–Kier alpha value is -2.93. The molecule has 0 saturated heterocycles. The largest absolute Gasteiger partial charge is 0.490 e. The number of carbonyl (C=O) groups is 2. The zero-order chi connectivity index (χ0) is 23.8. The molecule has 3 rings (SSSR count). The number of carbonyl (C=O) groups excluding carboxylic acids is 1. The van der Waals surface area contributed by atoms with E-state index in [1.165, 1.54) is 12.1 Å². The number of aromatic carboxylic acids is 1. The minimum atomic E-state index is -1.05. The van der Waals surface area contributed by atoms with Gasteiger partial charge >= 0.3 is 5.97 Å². The van der Waals surface area contributed by atoms with Gasteiger partial charge in [0.25, 0.3) is 0 Å². The molecule has 0 saturated carbocycles. The summed E-state index contributed by atoms with van der Waals surface area (Å²) in [6, 6.07) is 16.0. The van der Waals surface area contributed by atoms with Gasteiger partial charge in [0.05, 0.1) is 17.2 Å². The summed E-state index contributed by atoms with van der Waals surface area (Å²) >= 11 is 18.2. The predicted molar refractivity (Wildman–Crippen MR) is 129 cm³/mol. The molecule has 0 aliphatic carbocycles. The topological polar surface area (TPSA) is 84.9 Å². The quantitative estimate of drug-likeness (QED) is 0.280. The molecule has 6 nitrogen and oxygen atoms in total. The molecule has 0 unspecified atom stereocenters. The van der Waals surface area contributed by atoms with Crippen LogP contribution in [-0.2, 0) is 4.79 Å². The van der Waals surface area contributed by atoms with E-state index in [9.17, 15) is 9.59 Å². The Labute approximate surface area is 206 Å². The van der Waals surface area contributed by atoms with Crippen LogP contribution in [0.3, 0.4) is 0 Å². The summed E-state index contributed by atoms with van der Waals surface area (Å²) in [5, 5.41) is 13.1. The van der Waals surface area contributed by atoms with Crippen molar-refractivity contribution >= 4 is 52.4 Å². The molecule has 0 spiro atoms. The molecule has 0 fully saturated rings. The second-order valence-corrected chi connectivity index (χ2v) is 8.29. The SMILES string of the molecule is O=C(CCCCOc1cc(Cl)ccc1Oc1ccc(Cl)cc1Cl)Nc1cccc(C(=O)O)c1. The van der Waals surface area contributed by atoms with Crippen LogP contribution in [-0.4, -0.2) is 23.6 Å². The van der Waals surface area contributed by atoms with Crippen LogP contribution in [0.15, 0.2) is 60.7 Å². The molecule has 0 aliphatic heterocycles. The summed E-state index contributed by atoms with van der Waals surface area (Å²) in [6.07, 6.45) is 1.44. The molecule has 0 aromatic heterocycles. The molecule has 0 bridgehead atoms. The Morgan fingerprint density at radius 1 is 0.848 bits per heavy atom. The third-order valence-corrected chi connectivity index (χ3v) is 5.23. The van der Waals surface area contributed by atoms with Crippen LogP contribution >= 0.6 is 34.8 Å². The Morgan fingerprint density at radius 3 is 2.30 bits per heavy atom. The lowest BCUT2D eigenvalue weighted by atomic mass is 10.2. The molecular weight excluding hydrogens is 489 g/mol. The van der Waals surface area contributed by atoms with Crippen molar-refractivity contribution in [3.05, 3.63) is 81.3 Å². The number of carboxylic acids is 1. The first-order chi connectivity index (χ1) is 15.8. The number of nitrogens with one attached hydrogen (secondary N) is 1. The first kappa shape index (κ1) is 24.7. The predicted octanol–water partition coefficient (Wildman–Crippen LogP) is 7.33. The molecule has 1 amide bonds. The van der Waals surface area contributed by atoms with Gasteiger partial charge < -0.3 is 19.9 Å². The molecule has 0 heterocycles. The standard InChI is InChI=1S/C24H20Cl3NO5/c25-16-7-9-20(19(27)13-16)33-21-10-8-17(26)14-22(21)32-11-2-1-6-23(29)28-18-5-3-4-15(12-18)24(30)31/h3-5,7-10,12-14H,1-2,6,11H2,(H,28,29)(H,30,31). The van der Waals surface area contributed by atoms with Crippen LogP contribution in [0, 0.1) is 0 Å². The second-order valence-electron chi connectivity index (χ2n) is 7.01. The Kier molecular flexibility index (Phi) is 8.83. The molecule has 33 heavy (non-hydrogen) atoms. The first-order valence-electron chi connectivity index (χ1n) is 10.0. The van der Waals surface area contributed by atoms with Crippen LogP contribution in [0.1, 0.15) is 29.6 Å². The van der Waals surface area contributed by atoms with Crippen LogP contribution in [0.2, 0.25) is 15.1 Å². The zero-order valence-electron chi connectivity index (χ0n) is 17.3. The van der Waals surface area contributed by atoms with Gasteiger partial charge in [0.2, 0.25) is 5.91 Å². The van der Waals surface area contributed by atoms with Crippen molar-refractivity contribution in [2.45, 2.75) is 19.3 Å². The maximum absolute atomic E-state index is 12.1. The van der Waals surface area contributed by atoms with Gasteiger partial charge in [0, 0.05) is 28.2 Å². The number of hydrogen-bond donors (Lipinski definition) is 2. The maximum atomic E-state index is 12.1. The van der Waals surface area contributed by atoms with Gasteiger partial charge in [-0.15, -0.1) is 0 Å². The van der Waals surface area contributed by atoms with Crippen molar-refractivity contribution < 1.29 is 24.2 Å². The van der Waals surface area contributed by atoms with Gasteiger partial charge in [-0.2, -0.15) is 0 Å². The number of amides is 1. The van der Waals surface area contributed by atoms with Gasteiger partial charge in [0.15, 0.2) is 11.5 Å². The van der Waals surface area contributed by atoms with E-state index in [1.807, 2.05) is 0 Å². The number of rotatable bonds is 10. The van der Waals surface area contributed by atoms with Gasteiger partial charge in [0.1, 0.15) is 5.75 Å². The Morgan fingerprint density at radius 2 is 1.58 bits per heavy atom. The average molecular weight is 509 g/mol. The lowest BCUT2D eigenvalue weighted by Crippen LogP contribution is -2.12. The van der Waals surface area contributed by atoms with E-state index in [1.54, 1.807) is 48.5 Å². The van der Waals surface area contributed by atoms with Gasteiger partial charge in [-0.25, -0.2) is 4.79 Å². The van der Waals surface area contributed by atoms with Crippen molar-refractivity contribution in [1.82, 2.24) is 0 Å². The van der Waals surface area contributed by atoms with Crippen molar-refractivity contribution in [2.24, 2.45) is 0 Å². The van der Waals surface area contributed by atoms with Gasteiger partial charge in [-0.1, -0.05) is 40.9 Å². The summed E-state index contributed by atoms with van der Waals surface area (Å²) in [4.78, 5) is 23.1. The van der Waals surface area contributed by atoms with E-state index >= 15 is 0 Å². The molecule has 3 aromatic rings. The maximum Gasteiger partial charge on any atom is 0.335 e. The molecule has 0 radical (unpaired) electrons. The number of benzene rings is 3. The van der Waals surface area contributed by atoms with E-state index in [-0.39, 0.29) is 17.9 Å². The smallest absolute Gasteiger partial charge is 0.335 e. The fraction of sp³-hybridized carbons (Fsp3) is 0.167. The van der Waals surface area contributed by atoms with Crippen LogP contribution < -0.4 is 14.8 Å². The van der Waals surface area contributed by atoms with Crippen LogP contribution in [0.5, 0.6) is 17.2 Å². The number of ether oxygens (including phenoxy) is 2. The zero-order valence-corrected chi connectivity index (χ0v) is 19.6. The monoisotopic (exact) mass is 507 g/mol. The molecule has 9 heteroatoms. The van der Waals surface area contributed by atoms with Crippen molar-refractivity contribution in [3.63, 3.8) is 0 Å². The average Bonchev–Trinajstić information content (AvgIpc) is 2.77. The molecule has 0 aliphatic rings. The summed E-state index contributed by atoms with van der Waals surface area (Å²) in [7, 11) is 0. The summed E-state index contributed by atoms with van der Waals surface area (Å²) < 4.78 is 11.7. The molecular formula is C24H20Cl3NO5. The van der Waals surface area contributed by atoms with Crippen LogP contribution in [0.25, 0.3) is 0 Å². The number of unbranched alkanes of at least 4 members (excludes halogenated alkanes) is 1. The van der Waals surface area contributed by atoms with E-state index in [4.69, 9.17) is 49.4 Å². The highest BCUT2D eigenvalue weighted by molar-refractivity contribution is 6.35. The minimum Gasteiger partial charge on any atom is -0.490 e. The molecule has 172 valence electrons. The highest BCUT2D eigenvalue weighted by atomic mass is 35.5. The summed E-state index contributed by atoms with van der Waals surface area (Å²) in [5.41, 5.74) is 0.554. The van der Waals surface area contributed by atoms with E-state index in [0.717, 1.165) is 0 Å². The van der Waals surface area contributed by atoms with Gasteiger partial charge in [-0.05, 0) is 61.4 Å². The van der Waals surface area contributed by atoms with E-state index in [2.05, 4.69) is 5.32 Å². The normalized spacial score (nSPS) is 10.5. The lowest BCUT2D eigenvalue weighted by molar-refractivity contribution is -0.116. The number of hydrogen-bond acceptors (Lipinski definition) is 4. The highest BCUT2D eigenvalue weighted by Crippen LogP contribution is 2.37. The number of halogens is 3. The minimum absolute atomic E-state index is 0.112. The lowest BCUT2D eigenvalue weighted by Gasteiger charge is -2.14. The second kappa shape index (κ2) is 11.8. The van der Waals surface area contributed by atoms with E-state index in [0.29, 0.717) is 57.5 Å². The van der Waals surface area contributed by atoms with Crippen molar-refractivity contribution in [3.8, 4) is 17.2 Å². The molecule has 0 atom stereocenters. The fourth-order valence-electron chi connectivity index (χ4n) is 2.88.